The molecule has 0 radical (unpaired) electrons. The lowest BCUT2D eigenvalue weighted by Crippen LogP contribution is -2.36. The molecule has 2 nitrogen and oxygen atoms in total. The molecule has 0 saturated carbocycles. The molecule has 0 fully saturated rings. The molecule has 70 valence electrons. The molecule has 0 aromatic carbocycles. The van der Waals surface area contributed by atoms with E-state index in [0.29, 0.717) is 6.04 Å². The molecule has 2 atom stereocenters. The Labute approximate surface area is 75.7 Å². The molecule has 0 bridgehead atoms. The van der Waals surface area contributed by atoms with E-state index in [0.717, 1.165) is 12.8 Å². The molecular weight excluding hydrogens is 150 g/mol. The highest BCUT2D eigenvalue weighted by Crippen LogP contribution is 2.03. The highest BCUT2D eigenvalue weighted by Gasteiger charge is 2.12. The quantitative estimate of drug-likeness (QED) is 0.628. The van der Waals surface area contributed by atoms with Gasteiger partial charge in [0.25, 0.3) is 0 Å². The van der Waals surface area contributed by atoms with Crippen LogP contribution in [0.1, 0.15) is 26.7 Å². The SMILES string of the molecule is CC#CCCC(NC)C(C)OC. The summed E-state index contributed by atoms with van der Waals surface area (Å²) in [6, 6.07) is 0.413. The fourth-order valence-corrected chi connectivity index (χ4v) is 1.13. The van der Waals surface area contributed by atoms with Gasteiger partial charge < -0.3 is 10.1 Å². The highest BCUT2D eigenvalue weighted by molar-refractivity contribution is 4.95. The predicted octanol–water partition coefficient (Wildman–Crippen LogP) is 1.41. The maximum Gasteiger partial charge on any atom is 0.0696 e. The number of rotatable bonds is 5. The van der Waals surface area contributed by atoms with Crippen LogP contribution in [0.25, 0.3) is 0 Å². The minimum atomic E-state index is 0.258. The van der Waals surface area contributed by atoms with E-state index in [1.807, 2.05) is 14.0 Å². The van der Waals surface area contributed by atoms with Gasteiger partial charge in [0.1, 0.15) is 0 Å². The van der Waals surface area contributed by atoms with Gasteiger partial charge in [-0.25, -0.2) is 0 Å². The van der Waals surface area contributed by atoms with Gasteiger partial charge in [-0.2, -0.15) is 0 Å². The first kappa shape index (κ1) is 11.5. The molecule has 0 aliphatic carbocycles. The van der Waals surface area contributed by atoms with E-state index in [1.165, 1.54) is 0 Å². The lowest BCUT2D eigenvalue weighted by Gasteiger charge is -2.21. The number of likely N-dealkylation sites (N-methyl/N-ethyl adjacent to an activating group) is 1. The van der Waals surface area contributed by atoms with E-state index < -0.39 is 0 Å². The summed E-state index contributed by atoms with van der Waals surface area (Å²) in [6.45, 7) is 3.94. The molecule has 0 amide bonds. The summed E-state index contributed by atoms with van der Waals surface area (Å²) in [5.41, 5.74) is 0. The van der Waals surface area contributed by atoms with Crippen LogP contribution in [0, 0.1) is 11.8 Å². The van der Waals surface area contributed by atoms with Crippen molar-refractivity contribution < 1.29 is 4.74 Å². The van der Waals surface area contributed by atoms with Gasteiger partial charge in [-0.05, 0) is 27.3 Å². The van der Waals surface area contributed by atoms with Crippen LogP contribution in [0.3, 0.4) is 0 Å². The van der Waals surface area contributed by atoms with Gasteiger partial charge in [0, 0.05) is 19.6 Å². The average molecular weight is 169 g/mol. The third kappa shape index (κ3) is 4.38. The zero-order valence-corrected chi connectivity index (χ0v) is 8.48. The van der Waals surface area contributed by atoms with Crippen LogP contribution >= 0.6 is 0 Å². The Morgan fingerprint density at radius 1 is 1.50 bits per heavy atom. The first-order valence-electron chi connectivity index (χ1n) is 4.36. The predicted molar refractivity (Wildman–Crippen MR) is 52.0 cm³/mol. The lowest BCUT2D eigenvalue weighted by molar-refractivity contribution is 0.0833. The van der Waals surface area contributed by atoms with Gasteiger partial charge in [0.05, 0.1) is 6.10 Å². The van der Waals surface area contributed by atoms with Crippen molar-refractivity contribution in [2.75, 3.05) is 14.2 Å². The topological polar surface area (TPSA) is 21.3 Å². The van der Waals surface area contributed by atoms with E-state index in [9.17, 15) is 0 Å². The minimum Gasteiger partial charge on any atom is -0.380 e. The van der Waals surface area contributed by atoms with Gasteiger partial charge >= 0.3 is 0 Å². The second-order valence-electron chi connectivity index (χ2n) is 2.80. The normalized spacial score (nSPS) is 14.7. The average Bonchev–Trinajstić information content (AvgIpc) is 2.11. The van der Waals surface area contributed by atoms with Crippen molar-refractivity contribution in [1.29, 1.82) is 0 Å². The van der Waals surface area contributed by atoms with Crippen LogP contribution < -0.4 is 5.32 Å². The van der Waals surface area contributed by atoms with Crippen LogP contribution in [0.5, 0.6) is 0 Å². The van der Waals surface area contributed by atoms with Crippen LogP contribution in [0.15, 0.2) is 0 Å². The Bertz CT molecular complexity index is 157. The molecular formula is C10H19NO. The number of nitrogens with one attached hydrogen (secondary N) is 1. The molecule has 1 N–H and O–H groups in total. The van der Waals surface area contributed by atoms with Gasteiger partial charge in [0.15, 0.2) is 0 Å². The van der Waals surface area contributed by atoms with Gasteiger partial charge in [0.2, 0.25) is 0 Å². The summed E-state index contributed by atoms with van der Waals surface area (Å²) in [5.74, 6) is 5.93. The fraction of sp³-hybridized carbons (Fsp3) is 0.800. The Morgan fingerprint density at radius 2 is 2.17 bits per heavy atom. The van der Waals surface area contributed by atoms with Crippen molar-refractivity contribution in [2.45, 2.75) is 38.8 Å². The van der Waals surface area contributed by atoms with Crippen molar-refractivity contribution in [1.82, 2.24) is 5.32 Å². The molecule has 0 heterocycles. The summed E-state index contributed by atoms with van der Waals surface area (Å²) in [4.78, 5) is 0. The molecule has 0 spiro atoms. The Hall–Kier alpha value is -0.520. The van der Waals surface area contributed by atoms with Gasteiger partial charge in [-0.3, -0.25) is 0 Å². The molecule has 0 saturated heterocycles. The fourth-order valence-electron chi connectivity index (χ4n) is 1.13. The summed E-state index contributed by atoms with van der Waals surface area (Å²) in [6.07, 6.45) is 2.25. The molecule has 0 aliphatic rings. The van der Waals surface area contributed by atoms with Gasteiger partial charge in [-0.15, -0.1) is 11.8 Å². The van der Waals surface area contributed by atoms with E-state index in [2.05, 4.69) is 24.1 Å². The van der Waals surface area contributed by atoms with E-state index in [-0.39, 0.29) is 6.10 Å². The first-order valence-corrected chi connectivity index (χ1v) is 4.36. The number of hydrogen-bond acceptors (Lipinski definition) is 2. The Balaban J connectivity index is 3.71. The molecule has 0 aromatic rings. The maximum absolute atomic E-state index is 5.22. The maximum atomic E-state index is 5.22. The van der Waals surface area contributed by atoms with Crippen molar-refractivity contribution in [3.05, 3.63) is 0 Å². The highest BCUT2D eigenvalue weighted by atomic mass is 16.5. The van der Waals surface area contributed by atoms with Crippen LogP contribution in [0.2, 0.25) is 0 Å². The largest absolute Gasteiger partial charge is 0.380 e. The molecule has 2 unspecified atom stereocenters. The minimum absolute atomic E-state index is 0.258. The second-order valence-corrected chi connectivity index (χ2v) is 2.80. The zero-order chi connectivity index (χ0) is 9.40. The third-order valence-electron chi connectivity index (χ3n) is 2.07. The summed E-state index contributed by atoms with van der Waals surface area (Å²) >= 11 is 0. The third-order valence-corrected chi connectivity index (χ3v) is 2.07. The zero-order valence-electron chi connectivity index (χ0n) is 8.48. The number of ether oxygens (including phenoxy) is 1. The molecule has 12 heavy (non-hydrogen) atoms. The van der Waals surface area contributed by atoms with Crippen molar-refractivity contribution >= 4 is 0 Å². The summed E-state index contributed by atoms with van der Waals surface area (Å²) in [5, 5.41) is 3.22. The molecule has 0 aromatic heterocycles. The van der Waals surface area contributed by atoms with E-state index >= 15 is 0 Å². The van der Waals surface area contributed by atoms with Crippen LogP contribution in [-0.2, 0) is 4.74 Å². The second kappa shape index (κ2) is 7.15. The van der Waals surface area contributed by atoms with Crippen LogP contribution in [0.4, 0.5) is 0 Å². The summed E-state index contributed by atoms with van der Waals surface area (Å²) in [7, 11) is 3.69. The standard InChI is InChI=1S/C10H19NO/c1-5-6-7-8-10(11-3)9(2)12-4/h9-11H,7-8H2,1-4H3. The number of methoxy groups -OCH3 is 1. The van der Waals surface area contributed by atoms with Gasteiger partial charge in [-0.1, -0.05) is 0 Å². The van der Waals surface area contributed by atoms with Crippen molar-refractivity contribution in [3.63, 3.8) is 0 Å². The van der Waals surface area contributed by atoms with Crippen molar-refractivity contribution in [3.8, 4) is 11.8 Å². The Kier molecular flexibility index (Phi) is 6.84. The van der Waals surface area contributed by atoms with E-state index in [1.54, 1.807) is 7.11 Å². The molecule has 0 rings (SSSR count). The molecule has 0 aliphatic heterocycles. The van der Waals surface area contributed by atoms with Crippen LogP contribution in [-0.4, -0.2) is 26.3 Å². The summed E-state index contributed by atoms with van der Waals surface area (Å²) < 4.78 is 5.22. The molecule has 2 heteroatoms. The smallest absolute Gasteiger partial charge is 0.0696 e. The van der Waals surface area contributed by atoms with E-state index in [4.69, 9.17) is 4.74 Å². The first-order chi connectivity index (χ1) is 5.76. The monoisotopic (exact) mass is 169 g/mol. The van der Waals surface area contributed by atoms with Crippen molar-refractivity contribution in [2.24, 2.45) is 0 Å². The lowest BCUT2D eigenvalue weighted by atomic mass is 10.1. The number of hydrogen-bond donors (Lipinski definition) is 1. The Morgan fingerprint density at radius 3 is 2.58 bits per heavy atom.